The van der Waals surface area contributed by atoms with Crippen molar-refractivity contribution in [3.8, 4) is 11.4 Å². The Bertz CT molecular complexity index is 1150. The summed E-state index contributed by atoms with van der Waals surface area (Å²) >= 11 is 0. The van der Waals surface area contributed by atoms with Crippen LogP contribution in [-0.2, 0) is 6.54 Å². The van der Waals surface area contributed by atoms with Gasteiger partial charge >= 0.3 is 0 Å². The lowest BCUT2D eigenvalue weighted by Crippen LogP contribution is -2.31. The Morgan fingerprint density at radius 1 is 1.06 bits per heavy atom. The number of rotatable bonds is 5. The van der Waals surface area contributed by atoms with Gasteiger partial charge < -0.3 is 9.42 Å². The third-order valence-corrected chi connectivity index (χ3v) is 5.44. The number of pyridine rings is 1. The normalized spacial score (nSPS) is 15.6. The van der Waals surface area contributed by atoms with Crippen LogP contribution >= 0.6 is 0 Å². The first-order valence-electron chi connectivity index (χ1n) is 10.6. The SMILES string of the molecule is CC(C)c1noc(CN2CCCN(c3ccc4nnc(-c5cccnc5)n4n3)CC2)n1. The van der Waals surface area contributed by atoms with Crippen LogP contribution in [0.3, 0.4) is 0 Å². The first-order chi connectivity index (χ1) is 15.2. The minimum atomic E-state index is 0.271. The summed E-state index contributed by atoms with van der Waals surface area (Å²) in [6, 6.07) is 7.82. The van der Waals surface area contributed by atoms with Gasteiger partial charge in [-0.25, -0.2) is 0 Å². The topological polar surface area (TPSA) is 101 Å². The standard InChI is InChI=1S/C21H25N9O/c1-15(2)20-23-19(31-27-20)14-28-9-4-10-29(12-11-28)18-7-6-17-24-25-21(30(17)26-18)16-5-3-8-22-13-16/h3,5-8,13,15H,4,9-12,14H2,1-2H3. The molecule has 4 aromatic heterocycles. The quantitative estimate of drug-likeness (QED) is 0.482. The van der Waals surface area contributed by atoms with Crippen molar-refractivity contribution < 1.29 is 4.52 Å². The van der Waals surface area contributed by atoms with Gasteiger partial charge in [-0.2, -0.15) is 9.50 Å². The third kappa shape index (κ3) is 4.11. The van der Waals surface area contributed by atoms with Crippen molar-refractivity contribution in [1.29, 1.82) is 0 Å². The van der Waals surface area contributed by atoms with E-state index in [2.05, 4.69) is 49.0 Å². The van der Waals surface area contributed by atoms with Crippen molar-refractivity contribution in [2.45, 2.75) is 32.7 Å². The largest absolute Gasteiger partial charge is 0.354 e. The zero-order chi connectivity index (χ0) is 21.2. The van der Waals surface area contributed by atoms with Crippen molar-refractivity contribution in [2.75, 3.05) is 31.1 Å². The van der Waals surface area contributed by atoms with Crippen LogP contribution in [0, 0.1) is 0 Å². The molecule has 1 fully saturated rings. The molecular weight excluding hydrogens is 394 g/mol. The maximum Gasteiger partial charge on any atom is 0.240 e. The highest BCUT2D eigenvalue weighted by molar-refractivity contribution is 5.58. The lowest BCUT2D eigenvalue weighted by molar-refractivity contribution is 0.239. The maximum atomic E-state index is 5.42. The molecule has 0 atom stereocenters. The van der Waals surface area contributed by atoms with Crippen LogP contribution in [0.2, 0.25) is 0 Å². The molecule has 0 saturated carbocycles. The van der Waals surface area contributed by atoms with Crippen LogP contribution < -0.4 is 4.90 Å². The second-order valence-electron chi connectivity index (χ2n) is 8.04. The fraction of sp³-hybridized carbons (Fsp3) is 0.429. The molecule has 0 aromatic carbocycles. The van der Waals surface area contributed by atoms with Gasteiger partial charge in [-0.15, -0.1) is 15.3 Å². The molecule has 0 bridgehead atoms. The fourth-order valence-electron chi connectivity index (χ4n) is 3.74. The average Bonchev–Trinajstić information content (AvgIpc) is 3.36. The van der Waals surface area contributed by atoms with E-state index in [4.69, 9.17) is 9.62 Å². The van der Waals surface area contributed by atoms with E-state index >= 15 is 0 Å². The summed E-state index contributed by atoms with van der Waals surface area (Å²) in [5, 5.41) is 17.5. The van der Waals surface area contributed by atoms with Gasteiger partial charge in [0.2, 0.25) is 5.89 Å². The Labute approximate surface area is 179 Å². The van der Waals surface area contributed by atoms with Crippen LogP contribution in [0.5, 0.6) is 0 Å². The van der Waals surface area contributed by atoms with E-state index in [9.17, 15) is 0 Å². The van der Waals surface area contributed by atoms with E-state index in [1.807, 2.05) is 24.3 Å². The van der Waals surface area contributed by atoms with Crippen LogP contribution in [0.4, 0.5) is 5.82 Å². The molecule has 1 aliphatic heterocycles. The van der Waals surface area contributed by atoms with Crippen LogP contribution in [-0.4, -0.2) is 66.0 Å². The molecule has 0 spiro atoms. The maximum absolute atomic E-state index is 5.42. The van der Waals surface area contributed by atoms with Crippen LogP contribution in [0.25, 0.3) is 17.0 Å². The molecule has 10 nitrogen and oxygen atoms in total. The van der Waals surface area contributed by atoms with Gasteiger partial charge in [0, 0.05) is 50.1 Å². The number of anilines is 1. The Hall–Kier alpha value is -3.40. The van der Waals surface area contributed by atoms with Crippen molar-refractivity contribution in [1.82, 2.24) is 39.8 Å². The minimum absolute atomic E-state index is 0.271. The first kappa shape index (κ1) is 19.6. The Morgan fingerprint density at radius 3 is 2.81 bits per heavy atom. The minimum Gasteiger partial charge on any atom is -0.354 e. The Balaban J connectivity index is 1.31. The highest BCUT2D eigenvalue weighted by Crippen LogP contribution is 2.20. The Kier molecular flexibility index (Phi) is 5.29. The summed E-state index contributed by atoms with van der Waals surface area (Å²) in [4.78, 5) is 13.4. The molecule has 0 unspecified atom stereocenters. The van der Waals surface area contributed by atoms with Crippen molar-refractivity contribution >= 4 is 11.5 Å². The molecule has 160 valence electrons. The van der Waals surface area contributed by atoms with E-state index in [0.29, 0.717) is 18.3 Å². The highest BCUT2D eigenvalue weighted by atomic mass is 16.5. The predicted octanol–water partition coefficient (Wildman–Crippen LogP) is 2.41. The molecule has 0 radical (unpaired) electrons. The summed E-state index contributed by atoms with van der Waals surface area (Å²) < 4.78 is 7.22. The van der Waals surface area contributed by atoms with Gasteiger partial charge in [-0.1, -0.05) is 19.0 Å². The second kappa shape index (κ2) is 8.38. The summed E-state index contributed by atoms with van der Waals surface area (Å²) in [5.41, 5.74) is 1.61. The molecule has 10 heteroatoms. The highest BCUT2D eigenvalue weighted by Gasteiger charge is 2.20. The molecule has 5 rings (SSSR count). The molecule has 31 heavy (non-hydrogen) atoms. The summed E-state index contributed by atoms with van der Waals surface area (Å²) in [6.45, 7) is 8.49. The molecular formula is C21H25N9O. The van der Waals surface area contributed by atoms with Gasteiger partial charge in [0.05, 0.1) is 6.54 Å². The average molecular weight is 419 g/mol. The van der Waals surface area contributed by atoms with Gasteiger partial charge in [0.1, 0.15) is 5.82 Å². The predicted molar refractivity (Wildman–Crippen MR) is 115 cm³/mol. The van der Waals surface area contributed by atoms with Crippen LogP contribution in [0.1, 0.15) is 37.9 Å². The number of nitrogens with zero attached hydrogens (tertiary/aromatic N) is 9. The lowest BCUT2D eigenvalue weighted by Gasteiger charge is -2.22. The number of aromatic nitrogens is 7. The third-order valence-electron chi connectivity index (χ3n) is 5.44. The van der Waals surface area contributed by atoms with E-state index in [1.54, 1.807) is 16.9 Å². The number of hydrogen-bond donors (Lipinski definition) is 0. The zero-order valence-corrected chi connectivity index (χ0v) is 17.7. The fourth-order valence-corrected chi connectivity index (χ4v) is 3.74. The van der Waals surface area contributed by atoms with E-state index in [-0.39, 0.29) is 5.92 Å². The van der Waals surface area contributed by atoms with Crippen molar-refractivity contribution in [2.24, 2.45) is 0 Å². The molecule has 4 aromatic rings. The Morgan fingerprint density at radius 2 is 2.00 bits per heavy atom. The van der Waals surface area contributed by atoms with Crippen molar-refractivity contribution in [3.63, 3.8) is 0 Å². The van der Waals surface area contributed by atoms with E-state index in [0.717, 1.165) is 55.5 Å². The van der Waals surface area contributed by atoms with E-state index in [1.165, 1.54) is 0 Å². The zero-order valence-electron chi connectivity index (χ0n) is 17.7. The van der Waals surface area contributed by atoms with Crippen molar-refractivity contribution in [3.05, 3.63) is 48.4 Å². The summed E-state index contributed by atoms with van der Waals surface area (Å²) in [7, 11) is 0. The summed E-state index contributed by atoms with van der Waals surface area (Å²) in [5.74, 6) is 3.33. The number of fused-ring (bicyclic) bond motifs is 1. The van der Waals surface area contributed by atoms with Gasteiger partial charge in [-0.05, 0) is 30.7 Å². The van der Waals surface area contributed by atoms with Gasteiger partial charge in [-0.3, -0.25) is 9.88 Å². The molecule has 1 saturated heterocycles. The second-order valence-corrected chi connectivity index (χ2v) is 8.04. The van der Waals surface area contributed by atoms with E-state index < -0.39 is 0 Å². The molecule has 5 heterocycles. The van der Waals surface area contributed by atoms with Gasteiger partial charge in [0.25, 0.3) is 0 Å². The monoisotopic (exact) mass is 419 g/mol. The van der Waals surface area contributed by atoms with Crippen LogP contribution in [0.15, 0.2) is 41.2 Å². The molecule has 0 amide bonds. The van der Waals surface area contributed by atoms with Gasteiger partial charge in [0.15, 0.2) is 17.3 Å². The molecule has 1 aliphatic rings. The lowest BCUT2D eigenvalue weighted by atomic mass is 10.2. The smallest absolute Gasteiger partial charge is 0.240 e. The first-order valence-corrected chi connectivity index (χ1v) is 10.6. The number of hydrogen-bond acceptors (Lipinski definition) is 9. The molecule has 0 aliphatic carbocycles. The summed E-state index contributed by atoms with van der Waals surface area (Å²) in [6.07, 6.45) is 4.55. The molecule has 0 N–H and O–H groups in total.